The largest absolute Gasteiger partial charge is 0.369 e. The van der Waals surface area contributed by atoms with Gasteiger partial charge in [-0.3, -0.25) is 9.79 Å². The maximum atomic E-state index is 11.3. The van der Waals surface area contributed by atoms with Crippen LogP contribution in [0.5, 0.6) is 0 Å². The SMILES string of the molecule is CN=C(NCCCN1CCCC(C(N)=O)C1)NC1CC1C. The van der Waals surface area contributed by atoms with Gasteiger partial charge in [0, 0.05) is 26.2 Å². The molecular weight excluding hydrogens is 266 g/mol. The zero-order chi connectivity index (χ0) is 15.2. The Labute approximate surface area is 127 Å². The summed E-state index contributed by atoms with van der Waals surface area (Å²) in [6, 6.07) is 0.592. The molecule has 2 rings (SSSR count). The second-order valence-electron chi connectivity index (χ2n) is 6.36. The first-order valence-corrected chi connectivity index (χ1v) is 8.09. The zero-order valence-electron chi connectivity index (χ0n) is 13.3. The van der Waals surface area contributed by atoms with E-state index in [9.17, 15) is 4.79 Å². The van der Waals surface area contributed by atoms with E-state index in [2.05, 4.69) is 27.4 Å². The topological polar surface area (TPSA) is 82.8 Å². The molecule has 1 amide bonds. The molecule has 6 heteroatoms. The van der Waals surface area contributed by atoms with E-state index in [0.717, 1.165) is 57.3 Å². The summed E-state index contributed by atoms with van der Waals surface area (Å²) in [6.45, 7) is 6.06. The molecule has 4 N–H and O–H groups in total. The lowest BCUT2D eigenvalue weighted by atomic mass is 9.97. The third-order valence-electron chi connectivity index (χ3n) is 4.51. The van der Waals surface area contributed by atoms with Crippen molar-refractivity contribution in [3.63, 3.8) is 0 Å². The third kappa shape index (κ3) is 5.19. The van der Waals surface area contributed by atoms with Gasteiger partial charge in [0.2, 0.25) is 5.91 Å². The molecule has 0 aromatic carbocycles. The molecule has 21 heavy (non-hydrogen) atoms. The average Bonchev–Trinajstić information content (AvgIpc) is 3.17. The molecule has 3 unspecified atom stereocenters. The van der Waals surface area contributed by atoms with Crippen molar-refractivity contribution < 1.29 is 4.79 Å². The lowest BCUT2D eigenvalue weighted by molar-refractivity contribution is -0.123. The summed E-state index contributed by atoms with van der Waals surface area (Å²) in [5.41, 5.74) is 5.40. The van der Waals surface area contributed by atoms with Crippen LogP contribution in [0.15, 0.2) is 4.99 Å². The second-order valence-corrected chi connectivity index (χ2v) is 6.36. The number of amides is 1. The van der Waals surface area contributed by atoms with Crippen molar-refractivity contribution >= 4 is 11.9 Å². The number of primary amides is 1. The van der Waals surface area contributed by atoms with Gasteiger partial charge < -0.3 is 21.3 Å². The summed E-state index contributed by atoms with van der Waals surface area (Å²) >= 11 is 0. The Hall–Kier alpha value is -1.30. The molecule has 2 fully saturated rings. The van der Waals surface area contributed by atoms with Crippen LogP contribution in [0.2, 0.25) is 0 Å². The number of aliphatic imine (C=N–C) groups is 1. The number of nitrogens with two attached hydrogens (primary N) is 1. The first kappa shape index (κ1) is 16.1. The van der Waals surface area contributed by atoms with Crippen LogP contribution < -0.4 is 16.4 Å². The van der Waals surface area contributed by atoms with Crippen LogP contribution in [0.1, 0.15) is 32.6 Å². The van der Waals surface area contributed by atoms with E-state index in [1.165, 1.54) is 6.42 Å². The zero-order valence-corrected chi connectivity index (χ0v) is 13.3. The van der Waals surface area contributed by atoms with Gasteiger partial charge in [-0.2, -0.15) is 0 Å². The van der Waals surface area contributed by atoms with Gasteiger partial charge in [0.25, 0.3) is 0 Å². The second kappa shape index (κ2) is 7.64. The highest BCUT2D eigenvalue weighted by Gasteiger charge is 2.33. The monoisotopic (exact) mass is 295 g/mol. The fourth-order valence-corrected chi connectivity index (χ4v) is 2.89. The molecule has 0 spiro atoms. The molecule has 120 valence electrons. The highest BCUT2D eigenvalue weighted by atomic mass is 16.1. The molecule has 0 aromatic heterocycles. The number of piperidine rings is 1. The minimum absolute atomic E-state index is 0.0393. The summed E-state index contributed by atoms with van der Waals surface area (Å²) in [4.78, 5) is 17.8. The van der Waals surface area contributed by atoms with Crippen LogP contribution in [0.4, 0.5) is 0 Å². The Kier molecular flexibility index (Phi) is 5.85. The van der Waals surface area contributed by atoms with E-state index in [0.29, 0.717) is 6.04 Å². The summed E-state index contributed by atoms with van der Waals surface area (Å²) in [5.74, 6) is 1.55. The van der Waals surface area contributed by atoms with Crippen LogP contribution in [0, 0.1) is 11.8 Å². The van der Waals surface area contributed by atoms with Crippen molar-refractivity contribution in [2.45, 2.75) is 38.6 Å². The highest BCUT2D eigenvalue weighted by Crippen LogP contribution is 2.28. The molecule has 6 nitrogen and oxygen atoms in total. The predicted molar refractivity (Wildman–Crippen MR) is 85.0 cm³/mol. The normalized spacial score (nSPS) is 30.0. The van der Waals surface area contributed by atoms with Crippen LogP contribution in [-0.2, 0) is 4.79 Å². The first-order valence-electron chi connectivity index (χ1n) is 8.09. The lowest BCUT2D eigenvalue weighted by Gasteiger charge is -2.31. The minimum Gasteiger partial charge on any atom is -0.369 e. The molecule has 1 heterocycles. The number of carbonyl (C=O) groups excluding carboxylic acids is 1. The van der Waals surface area contributed by atoms with Gasteiger partial charge in [-0.05, 0) is 44.7 Å². The molecule has 0 radical (unpaired) electrons. The number of rotatable bonds is 6. The van der Waals surface area contributed by atoms with Gasteiger partial charge in [-0.1, -0.05) is 6.92 Å². The minimum atomic E-state index is -0.152. The Morgan fingerprint density at radius 2 is 2.24 bits per heavy atom. The van der Waals surface area contributed by atoms with Crippen molar-refractivity contribution in [1.29, 1.82) is 0 Å². The third-order valence-corrected chi connectivity index (χ3v) is 4.51. The Morgan fingerprint density at radius 3 is 2.86 bits per heavy atom. The van der Waals surface area contributed by atoms with Crippen molar-refractivity contribution in [3.05, 3.63) is 0 Å². The van der Waals surface area contributed by atoms with Gasteiger partial charge in [0.05, 0.1) is 5.92 Å². The molecule has 1 aliphatic carbocycles. The predicted octanol–water partition coefficient (Wildman–Crippen LogP) is 0.147. The van der Waals surface area contributed by atoms with Gasteiger partial charge in [-0.15, -0.1) is 0 Å². The molecular formula is C15H29N5O. The maximum Gasteiger partial charge on any atom is 0.221 e. The smallest absolute Gasteiger partial charge is 0.221 e. The molecule has 0 aromatic rings. The van der Waals surface area contributed by atoms with E-state index in [4.69, 9.17) is 5.73 Å². The van der Waals surface area contributed by atoms with E-state index in [1.807, 2.05) is 7.05 Å². The van der Waals surface area contributed by atoms with Crippen molar-refractivity contribution in [2.24, 2.45) is 22.6 Å². The standard InChI is InChI=1S/C15H29N5O/c1-11-9-13(11)19-15(17-2)18-6-4-8-20-7-3-5-12(10-20)14(16)21/h11-13H,3-10H2,1-2H3,(H2,16,21)(H2,17,18,19). The summed E-state index contributed by atoms with van der Waals surface area (Å²) < 4.78 is 0. The van der Waals surface area contributed by atoms with Crippen molar-refractivity contribution in [1.82, 2.24) is 15.5 Å². The van der Waals surface area contributed by atoms with Crippen LogP contribution in [0.3, 0.4) is 0 Å². The summed E-state index contributed by atoms with van der Waals surface area (Å²) in [5, 5.41) is 6.77. The summed E-state index contributed by atoms with van der Waals surface area (Å²) in [6.07, 6.45) is 4.30. The molecule has 2 aliphatic rings. The van der Waals surface area contributed by atoms with Crippen molar-refractivity contribution in [3.8, 4) is 0 Å². The summed E-state index contributed by atoms with van der Waals surface area (Å²) in [7, 11) is 1.81. The van der Waals surface area contributed by atoms with E-state index in [1.54, 1.807) is 0 Å². The Balaban J connectivity index is 1.59. The number of guanidine groups is 1. The van der Waals surface area contributed by atoms with Crippen molar-refractivity contribution in [2.75, 3.05) is 33.2 Å². The fourth-order valence-electron chi connectivity index (χ4n) is 2.89. The van der Waals surface area contributed by atoms with Crippen LogP contribution in [-0.4, -0.2) is 56.0 Å². The number of likely N-dealkylation sites (tertiary alicyclic amines) is 1. The van der Waals surface area contributed by atoms with Gasteiger partial charge in [0.15, 0.2) is 5.96 Å². The number of nitrogens with zero attached hydrogens (tertiary/aromatic N) is 2. The number of nitrogens with one attached hydrogen (secondary N) is 2. The molecule has 1 saturated heterocycles. The highest BCUT2D eigenvalue weighted by molar-refractivity contribution is 5.80. The van der Waals surface area contributed by atoms with Gasteiger partial charge >= 0.3 is 0 Å². The van der Waals surface area contributed by atoms with E-state index >= 15 is 0 Å². The average molecular weight is 295 g/mol. The van der Waals surface area contributed by atoms with Gasteiger partial charge in [0.1, 0.15) is 0 Å². The van der Waals surface area contributed by atoms with Gasteiger partial charge in [-0.25, -0.2) is 0 Å². The molecule has 1 aliphatic heterocycles. The van der Waals surface area contributed by atoms with E-state index in [-0.39, 0.29) is 11.8 Å². The number of carbonyl (C=O) groups is 1. The Bertz CT molecular complexity index is 384. The number of hydrogen-bond acceptors (Lipinski definition) is 3. The quantitative estimate of drug-likeness (QED) is 0.370. The van der Waals surface area contributed by atoms with Crippen LogP contribution in [0.25, 0.3) is 0 Å². The van der Waals surface area contributed by atoms with E-state index < -0.39 is 0 Å². The maximum absolute atomic E-state index is 11.3. The Morgan fingerprint density at radius 1 is 1.48 bits per heavy atom. The molecule has 3 atom stereocenters. The lowest BCUT2D eigenvalue weighted by Crippen LogP contribution is -2.43. The first-order chi connectivity index (χ1) is 10.1. The number of hydrogen-bond donors (Lipinski definition) is 3. The fraction of sp³-hybridized carbons (Fsp3) is 0.867. The molecule has 0 bridgehead atoms. The van der Waals surface area contributed by atoms with Crippen LogP contribution >= 0.6 is 0 Å². The molecule has 1 saturated carbocycles.